The molecule has 1 atom stereocenters. The fourth-order valence-electron chi connectivity index (χ4n) is 1.20. The minimum absolute atomic E-state index is 0.0960. The summed E-state index contributed by atoms with van der Waals surface area (Å²) < 4.78 is 0. The molecular weight excluding hydrogens is 144 g/mol. The lowest BCUT2D eigenvalue weighted by Gasteiger charge is -2.21. The summed E-state index contributed by atoms with van der Waals surface area (Å²) in [6, 6.07) is 10.2. The molecule has 0 heterocycles. The molecule has 0 saturated carbocycles. The molecule has 1 aromatic carbocycles. The van der Waals surface area contributed by atoms with Gasteiger partial charge in [-0.25, -0.2) is 0 Å². The summed E-state index contributed by atoms with van der Waals surface area (Å²) in [7, 11) is 0. The van der Waals surface area contributed by atoms with E-state index in [1.54, 1.807) is 0 Å². The first-order valence-corrected chi connectivity index (χ1v) is 4.26. The van der Waals surface area contributed by atoms with E-state index in [1.807, 2.05) is 18.2 Å². The van der Waals surface area contributed by atoms with E-state index in [4.69, 9.17) is 6.42 Å². The van der Waals surface area contributed by atoms with Gasteiger partial charge in [-0.1, -0.05) is 43.2 Å². The standard InChI is InChI=1S/C12H14/c1-4-12(3,5-2)11-9-7-6-8-10-11/h1,6-10H,5H2,2-3H3/t12-/m1/s1. The molecular formula is C12H14. The van der Waals surface area contributed by atoms with Gasteiger partial charge >= 0.3 is 0 Å². The maximum absolute atomic E-state index is 5.50. The summed E-state index contributed by atoms with van der Waals surface area (Å²) in [5, 5.41) is 0. The van der Waals surface area contributed by atoms with Crippen molar-refractivity contribution in [2.75, 3.05) is 0 Å². The number of terminal acetylenes is 1. The summed E-state index contributed by atoms with van der Waals surface area (Å²) in [5.41, 5.74) is 1.14. The summed E-state index contributed by atoms with van der Waals surface area (Å²) in [5.74, 6) is 2.84. The molecule has 0 amide bonds. The molecule has 0 aliphatic rings. The van der Waals surface area contributed by atoms with Crippen LogP contribution < -0.4 is 0 Å². The molecule has 62 valence electrons. The SMILES string of the molecule is C#C[C@](C)(CC)c1ccccc1. The first-order chi connectivity index (χ1) is 5.73. The Morgan fingerprint density at radius 2 is 1.92 bits per heavy atom. The van der Waals surface area contributed by atoms with Crippen molar-refractivity contribution in [2.24, 2.45) is 0 Å². The summed E-state index contributed by atoms with van der Waals surface area (Å²) in [6.07, 6.45) is 6.48. The highest BCUT2D eigenvalue weighted by atomic mass is 14.2. The summed E-state index contributed by atoms with van der Waals surface area (Å²) in [6.45, 7) is 4.22. The lowest BCUT2D eigenvalue weighted by atomic mass is 9.81. The predicted molar refractivity (Wildman–Crippen MR) is 52.9 cm³/mol. The Labute approximate surface area is 74.6 Å². The van der Waals surface area contributed by atoms with Gasteiger partial charge in [0, 0.05) is 0 Å². The fourth-order valence-corrected chi connectivity index (χ4v) is 1.20. The Morgan fingerprint density at radius 3 is 2.33 bits per heavy atom. The van der Waals surface area contributed by atoms with E-state index in [0.717, 1.165) is 6.42 Å². The second-order valence-corrected chi connectivity index (χ2v) is 3.20. The molecule has 0 aliphatic heterocycles. The highest BCUT2D eigenvalue weighted by molar-refractivity contribution is 5.32. The third-order valence-electron chi connectivity index (χ3n) is 2.44. The van der Waals surface area contributed by atoms with Crippen LogP contribution in [0.1, 0.15) is 25.8 Å². The summed E-state index contributed by atoms with van der Waals surface area (Å²) in [4.78, 5) is 0. The lowest BCUT2D eigenvalue weighted by Crippen LogP contribution is -2.17. The Balaban J connectivity index is 3.06. The van der Waals surface area contributed by atoms with Gasteiger partial charge in [-0.3, -0.25) is 0 Å². The van der Waals surface area contributed by atoms with E-state index < -0.39 is 0 Å². The van der Waals surface area contributed by atoms with Crippen molar-refractivity contribution in [3.63, 3.8) is 0 Å². The van der Waals surface area contributed by atoms with Gasteiger partial charge in [-0.2, -0.15) is 0 Å². The Morgan fingerprint density at radius 1 is 1.33 bits per heavy atom. The van der Waals surface area contributed by atoms with Crippen molar-refractivity contribution in [3.8, 4) is 12.3 Å². The van der Waals surface area contributed by atoms with Crippen LogP contribution >= 0.6 is 0 Å². The van der Waals surface area contributed by atoms with Crippen LogP contribution in [0.5, 0.6) is 0 Å². The molecule has 0 aromatic heterocycles. The highest BCUT2D eigenvalue weighted by Gasteiger charge is 2.20. The molecule has 0 spiro atoms. The average Bonchev–Trinajstić information content (AvgIpc) is 2.18. The van der Waals surface area contributed by atoms with Crippen molar-refractivity contribution in [3.05, 3.63) is 35.9 Å². The molecule has 1 aromatic rings. The zero-order chi connectivity index (χ0) is 9.03. The van der Waals surface area contributed by atoms with E-state index in [2.05, 4.69) is 31.9 Å². The third kappa shape index (κ3) is 1.51. The van der Waals surface area contributed by atoms with Crippen LogP contribution in [-0.4, -0.2) is 0 Å². The van der Waals surface area contributed by atoms with Crippen LogP contribution in [0.3, 0.4) is 0 Å². The smallest absolute Gasteiger partial charge is 0.0529 e. The van der Waals surface area contributed by atoms with Crippen LogP contribution in [-0.2, 0) is 5.41 Å². The first-order valence-electron chi connectivity index (χ1n) is 4.26. The zero-order valence-corrected chi connectivity index (χ0v) is 7.67. The van der Waals surface area contributed by atoms with Gasteiger partial charge in [0.15, 0.2) is 0 Å². The van der Waals surface area contributed by atoms with Gasteiger partial charge < -0.3 is 0 Å². The average molecular weight is 158 g/mol. The van der Waals surface area contributed by atoms with Gasteiger partial charge in [0.2, 0.25) is 0 Å². The highest BCUT2D eigenvalue weighted by Crippen LogP contribution is 2.25. The molecule has 0 radical (unpaired) electrons. The van der Waals surface area contributed by atoms with Crippen molar-refractivity contribution in [2.45, 2.75) is 25.7 Å². The van der Waals surface area contributed by atoms with E-state index in [-0.39, 0.29) is 5.41 Å². The normalized spacial score (nSPS) is 14.8. The van der Waals surface area contributed by atoms with Gasteiger partial charge in [-0.15, -0.1) is 6.42 Å². The van der Waals surface area contributed by atoms with Crippen molar-refractivity contribution >= 4 is 0 Å². The van der Waals surface area contributed by atoms with Crippen LogP contribution in [0, 0.1) is 12.3 Å². The Bertz CT molecular complexity index is 279. The number of benzene rings is 1. The topological polar surface area (TPSA) is 0 Å². The van der Waals surface area contributed by atoms with E-state index in [9.17, 15) is 0 Å². The second kappa shape index (κ2) is 3.45. The Kier molecular flexibility index (Phi) is 2.55. The zero-order valence-electron chi connectivity index (χ0n) is 7.67. The van der Waals surface area contributed by atoms with Crippen molar-refractivity contribution in [1.82, 2.24) is 0 Å². The maximum Gasteiger partial charge on any atom is 0.0529 e. The van der Waals surface area contributed by atoms with Gasteiger partial charge in [0.25, 0.3) is 0 Å². The van der Waals surface area contributed by atoms with Gasteiger partial charge in [0.1, 0.15) is 0 Å². The van der Waals surface area contributed by atoms with Crippen molar-refractivity contribution < 1.29 is 0 Å². The third-order valence-corrected chi connectivity index (χ3v) is 2.44. The quantitative estimate of drug-likeness (QED) is 0.580. The molecule has 1 rings (SSSR count). The number of rotatable bonds is 2. The van der Waals surface area contributed by atoms with Crippen LogP contribution in [0.4, 0.5) is 0 Å². The molecule has 12 heavy (non-hydrogen) atoms. The molecule has 0 fully saturated rings. The molecule has 0 N–H and O–H groups in total. The predicted octanol–water partition coefficient (Wildman–Crippen LogP) is 2.99. The lowest BCUT2D eigenvalue weighted by molar-refractivity contribution is 0.596. The molecule has 0 heteroatoms. The molecule has 0 saturated heterocycles. The van der Waals surface area contributed by atoms with Gasteiger partial charge in [0.05, 0.1) is 5.41 Å². The Hall–Kier alpha value is -1.22. The summed E-state index contributed by atoms with van der Waals surface area (Å²) >= 11 is 0. The molecule has 0 aliphatic carbocycles. The van der Waals surface area contributed by atoms with E-state index >= 15 is 0 Å². The largest absolute Gasteiger partial charge is 0.119 e. The van der Waals surface area contributed by atoms with Crippen molar-refractivity contribution in [1.29, 1.82) is 0 Å². The monoisotopic (exact) mass is 158 g/mol. The first kappa shape index (κ1) is 8.87. The van der Waals surface area contributed by atoms with Crippen LogP contribution in [0.2, 0.25) is 0 Å². The number of hydrogen-bond donors (Lipinski definition) is 0. The van der Waals surface area contributed by atoms with Crippen LogP contribution in [0.25, 0.3) is 0 Å². The molecule has 0 nitrogen and oxygen atoms in total. The van der Waals surface area contributed by atoms with E-state index in [0.29, 0.717) is 0 Å². The van der Waals surface area contributed by atoms with Crippen LogP contribution in [0.15, 0.2) is 30.3 Å². The second-order valence-electron chi connectivity index (χ2n) is 3.20. The minimum Gasteiger partial charge on any atom is -0.119 e. The number of hydrogen-bond acceptors (Lipinski definition) is 0. The van der Waals surface area contributed by atoms with Gasteiger partial charge in [-0.05, 0) is 18.9 Å². The van der Waals surface area contributed by atoms with E-state index in [1.165, 1.54) is 5.56 Å². The fraction of sp³-hybridized carbons (Fsp3) is 0.333. The molecule has 0 unspecified atom stereocenters. The minimum atomic E-state index is -0.0960. The maximum atomic E-state index is 5.50. The molecule has 0 bridgehead atoms.